The second-order valence-corrected chi connectivity index (χ2v) is 8.18. The summed E-state index contributed by atoms with van der Waals surface area (Å²) in [5.74, 6) is -0.237. The van der Waals surface area contributed by atoms with Gasteiger partial charge >= 0.3 is 0 Å². The molecular weight excluding hydrogens is 336 g/mol. The van der Waals surface area contributed by atoms with Crippen LogP contribution in [-0.4, -0.2) is 31.2 Å². The third-order valence-electron chi connectivity index (χ3n) is 4.41. The molecule has 0 aromatic heterocycles. The van der Waals surface area contributed by atoms with Crippen LogP contribution in [0.2, 0.25) is 0 Å². The van der Waals surface area contributed by atoms with Gasteiger partial charge in [0.05, 0.1) is 4.90 Å². The Kier molecular flexibility index (Phi) is 5.20. The lowest BCUT2D eigenvalue weighted by Crippen LogP contribution is -2.45. The van der Waals surface area contributed by atoms with Crippen molar-refractivity contribution in [2.24, 2.45) is 0 Å². The Hall–Kier alpha value is -2.18. The summed E-state index contributed by atoms with van der Waals surface area (Å²) in [6.07, 6.45) is 1.24. The number of carbonyl (C=O) groups excluding carboxylic acids is 1. The van der Waals surface area contributed by atoms with Gasteiger partial charge < -0.3 is 5.32 Å². The third-order valence-corrected chi connectivity index (χ3v) is 6.33. The summed E-state index contributed by atoms with van der Waals surface area (Å²) < 4.78 is 27.0. The van der Waals surface area contributed by atoms with Gasteiger partial charge in [-0.15, -0.1) is 0 Å². The first kappa shape index (κ1) is 17.6. The number of benzene rings is 2. The molecule has 1 aliphatic rings. The van der Waals surface area contributed by atoms with Gasteiger partial charge in [0.2, 0.25) is 15.9 Å². The average Bonchev–Trinajstić information content (AvgIpc) is 3.11. The first-order valence-corrected chi connectivity index (χ1v) is 9.82. The van der Waals surface area contributed by atoms with Crippen molar-refractivity contribution in [3.05, 3.63) is 65.7 Å². The second kappa shape index (κ2) is 7.37. The molecule has 2 aromatic carbocycles. The molecule has 25 heavy (non-hydrogen) atoms. The SMILES string of the molecule is Cc1cccc(CNC(=O)C2CCCN2S(=O)(=O)c2ccccc2)c1. The Bertz CT molecular complexity index is 850. The zero-order valence-electron chi connectivity index (χ0n) is 14.2. The fourth-order valence-electron chi connectivity index (χ4n) is 3.15. The Morgan fingerprint density at radius 3 is 2.64 bits per heavy atom. The number of amides is 1. The van der Waals surface area contributed by atoms with Gasteiger partial charge in [0, 0.05) is 13.1 Å². The molecule has 2 aromatic rings. The first-order valence-electron chi connectivity index (χ1n) is 8.38. The highest BCUT2D eigenvalue weighted by Crippen LogP contribution is 2.26. The van der Waals surface area contributed by atoms with Crippen LogP contribution in [0.1, 0.15) is 24.0 Å². The Labute approximate surface area is 148 Å². The molecule has 1 atom stereocenters. The van der Waals surface area contributed by atoms with E-state index in [-0.39, 0.29) is 10.8 Å². The van der Waals surface area contributed by atoms with Crippen LogP contribution in [-0.2, 0) is 21.4 Å². The normalized spacial score (nSPS) is 18.2. The van der Waals surface area contributed by atoms with Crippen LogP contribution in [0.5, 0.6) is 0 Å². The highest BCUT2D eigenvalue weighted by molar-refractivity contribution is 7.89. The number of carbonyl (C=O) groups is 1. The molecule has 5 nitrogen and oxygen atoms in total. The number of nitrogens with one attached hydrogen (secondary N) is 1. The van der Waals surface area contributed by atoms with Crippen molar-refractivity contribution in [2.75, 3.05) is 6.54 Å². The van der Waals surface area contributed by atoms with E-state index in [2.05, 4.69) is 5.32 Å². The number of rotatable bonds is 5. The van der Waals surface area contributed by atoms with Crippen molar-refractivity contribution in [1.29, 1.82) is 0 Å². The largest absolute Gasteiger partial charge is 0.351 e. The van der Waals surface area contributed by atoms with Crippen LogP contribution in [0.15, 0.2) is 59.5 Å². The molecule has 0 radical (unpaired) electrons. The van der Waals surface area contributed by atoms with Crippen LogP contribution in [0.4, 0.5) is 0 Å². The smallest absolute Gasteiger partial charge is 0.243 e. The molecule has 132 valence electrons. The summed E-state index contributed by atoms with van der Waals surface area (Å²) in [6, 6.07) is 15.5. The lowest BCUT2D eigenvalue weighted by atomic mass is 10.1. The molecule has 1 unspecified atom stereocenters. The molecule has 0 saturated carbocycles. The molecule has 1 amide bonds. The molecular formula is C19H22N2O3S. The molecule has 1 heterocycles. The standard InChI is InChI=1S/C19H22N2O3S/c1-15-7-5-8-16(13-15)14-20-19(22)18-11-6-12-21(18)25(23,24)17-9-3-2-4-10-17/h2-5,7-10,13,18H,6,11-12,14H2,1H3,(H,20,22). The molecule has 0 bridgehead atoms. The number of hydrogen-bond donors (Lipinski definition) is 1. The summed E-state index contributed by atoms with van der Waals surface area (Å²) >= 11 is 0. The van der Waals surface area contributed by atoms with E-state index in [1.165, 1.54) is 4.31 Å². The van der Waals surface area contributed by atoms with Gasteiger partial charge in [-0.25, -0.2) is 8.42 Å². The van der Waals surface area contributed by atoms with Crippen molar-refractivity contribution < 1.29 is 13.2 Å². The summed E-state index contributed by atoms with van der Waals surface area (Å²) in [5.41, 5.74) is 2.13. The van der Waals surface area contributed by atoms with E-state index in [1.807, 2.05) is 31.2 Å². The number of nitrogens with zero attached hydrogens (tertiary/aromatic N) is 1. The Morgan fingerprint density at radius 1 is 1.16 bits per heavy atom. The number of sulfonamides is 1. The second-order valence-electron chi connectivity index (χ2n) is 6.29. The van der Waals surface area contributed by atoms with Crippen molar-refractivity contribution in [1.82, 2.24) is 9.62 Å². The van der Waals surface area contributed by atoms with Crippen LogP contribution < -0.4 is 5.32 Å². The quantitative estimate of drug-likeness (QED) is 0.893. The van der Waals surface area contributed by atoms with E-state index in [0.717, 1.165) is 11.1 Å². The third kappa shape index (κ3) is 3.91. The Morgan fingerprint density at radius 2 is 1.92 bits per heavy atom. The van der Waals surface area contributed by atoms with E-state index >= 15 is 0 Å². The van der Waals surface area contributed by atoms with E-state index < -0.39 is 16.1 Å². The predicted molar refractivity (Wildman–Crippen MR) is 96.4 cm³/mol. The molecule has 3 rings (SSSR count). The fourth-order valence-corrected chi connectivity index (χ4v) is 4.82. The van der Waals surface area contributed by atoms with Crippen molar-refractivity contribution >= 4 is 15.9 Å². The maximum absolute atomic E-state index is 12.8. The highest BCUT2D eigenvalue weighted by Gasteiger charge is 2.39. The van der Waals surface area contributed by atoms with E-state index in [9.17, 15) is 13.2 Å². The molecule has 1 saturated heterocycles. The van der Waals surface area contributed by atoms with Gasteiger partial charge in [-0.2, -0.15) is 4.31 Å². The highest BCUT2D eigenvalue weighted by atomic mass is 32.2. The van der Waals surface area contributed by atoms with Crippen LogP contribution in [0.25, 0.3) is 0 Å². The van der Waals surface area contributed by atoms with Gasteiger partial charge in [0.25, 0.3) is 0 Å². The summed E-state index contributed by atoms with van der Waals surface area (Å²) in [5, 5.41) is 2.88. The minimum Gasteiger partial charge on any atom is -0.351 e. The lowest BCUT2D eigenvalue weighted by Gasteiger charge is -2.23. The number of aryl methyl sites for hydroxylation is 1. The van der Waals surface area contributed by atoms with E-state index in [0.29, 0.717) is 25.9 Å². The fraction of sp³-hybridized carbons (Fsp3) is 0.316. The predicted octanol–water partition coefficient (Wildman–Crippen LogP) is 2.46. The topological polar surface area (TPSA) is 66.5 Å². The minimum absolute atomic E-state index is 0.230. The van der Waals surface area contributed by atoms with Crippen LogP contribution in [0, 0.1) is 6.92 Å². The molecule has 1 N–H and O–H groups in total. The first-order chi connectivity index (χ1) is 12.0. The van der Waals surface area contributed by atoms with Crippen molar-refractivity contribution in [3.8, 4) is 0 Å². The summed E-state index contributed by atoms with van der Waals surface area (Å²) in [4.78, 5) is 12.8. The monoisotopic (exact) mass is 358 g/mol. The van der Waals surface area contributed by atoms with Crippen molar-refractivity contribution in [2.45, 2.75) is 37.2 Å². The minimum atomic E-state index is -3.65. The van der Waals surface area contributed by atoms with Crippen LogP contribution in [0.3, 0.4) is 0 Å². The van der Waals surface area contributed by atoms with Gasteiger partial charge in [-0.05, 0) is 37.5 Å². The summed E-state index contributed by atoms with van der Waals surface area (Å²) in [7, 11) is -3.65. The van der Waals surface area contributed by atoms with E-state index in [4.69, 9.17) is 0 Å². The van der Waals surface area contributed by atoms with Gasteiger partial charge in [0.15, 0.2) is 0 Å². The molecule has 1 fully saturated rings. The number of hydrogen-bond acceptors (Lipinski definition) is 3. The maximum atomic E-state index is 12.8. The lowest BCUT2D eigenvalue weighted by molar-refractivity contribution is -0.124. The van der Waals surface area contributed by atoms with Gasteiger partial charge in [-0.1, -0.05) is 48.0 Å². The maximum Gasteiger partial charge on any atom is 0.243 e. The molecule has 6 heteroatoms. The molecule has 0 spiro atoms. The van der Waals surface area contributed by atoms with Gasteiger partial charge in [-0.3, -0.25) is 4.79 Å². The van der Waals surface area contributed by atoms with Crippen molar-refractivity contribution in [3.63, 3.8) is 0 Å². The van der Waals surface area contributed by atoms with E-state index in [1.54, 1.807) is 30.3 Å². The molecule has 0 aliphatic carbocycles. The Balaban J connectivity index is 1.72. The van der Waals surface area contributed by atoms with Gasteiger partial charge in [0.1, 0.15) is 6.04 Å². The van der Waals surface area contributed by atoms with Crippen LogP contribution >= 0.6 is 0 Å². The average molecular weight is 358 g/mol. The summed E-state index contributed by atoms with van der Waals surface area (Å²) in [6.45, 7) is 2.77. The molecule has 1 aliphatic heterocycles. The zero-order valence-corrected chi connectivity index (χ0v) is 15.0. The zero-order chi connectivity index (χ0) is 17.9.